The van der Waals surface area contributed by atoms with Crippen LogP contribution in [-0.2, 0) is 23.8 Å². The third kappa shape index (κ3) is 54.0. The summed E-state index contributed by atoms with van der Waals surface area (Å²) in [7, 11) is 0. The largest absolute Gasteiger partial charge is 0.462 e. The Labute approximate surface area is 410 Å². The fourth-order valence-corrected chi connectivity index (χ4v) is 8.01. The molecule has 0 bridgehead atoms. The zero-order chi connectivity index (χ0) is 47.7. The summed E-state index contributed by atoms with van der Waals surface area (Å²) in [6, 6.07) is 0. The summed E-state index contributed by atoms with van der Waals surface area (Å²) in [4.78, 5) is 25.5. The van der Waals surface area contributed by atoms with Gasteiger partial charge < -0.3 is 14.2 Å². The van der Waals surface area contributed by atoms with Gasteiger partial charge in [-0.2, -0.15) is 0 Å². The predicted molar refractivity (Wildman–Crippen MR) is 288 cm³/mol. The molecule has 66 heavy (non-hydrogen) atoms. The van der Waals surface area contributed by atoms with Gasteiger partial charge in [-0.05, 0) is 83.5 Å². The van der Waals surface area contributed by atoms with Gasteiger partial charge in [0.15, 0.2) is 6.10 Å². The summed E-state index contributed by atoms with van der Waals surface area (Å²) in [5, 5.41) is 0. The topological polar surface area (TPSA) is 61.8 Å². The molecule has 0 saturated carbocycles. The maximum atomic E-state index is 12.8. The molecule has 0 aromatic carbocycles. The van der Waals surface area contributed by atoms with Gasteiger partial charge in [0.2, 0.25) is 0 Å². The van der Waals surface area contributed by atoms with Crippen LogP contribution < -0.4 is 0 Å². The molecule has 0 aromatic rings. The van der Waals surface area contributed by atoms with Gasteiger partial charge in [-0.1, -0.05) is 254 Å². The van der Waals surface area contributed by atoms with E-state index >= 15 is 0 Å². The molecule has 382 valence electrons. The maximum Gasteiger partial charge on any atom is 0.306 e. The lowest BCUT2D eigenvalue weighted by Crippen LogP contribution is -2.30. The van der Waals surface area contributed by atoms with Crippen LogP contribution in [0.2, 0.25) is 0 Å². The minimum atomic E-state index is -0.564. The number of unbranched alkanes of at least 4 members (excludes halogenated alkanes) is 29. The van der Waals surface area contributed by atoms with E-state index < -0.39 is 6.10 Å². The average molecular weight is 922 g/mol. The van der Waals surface area contributed by atoms with E-state index in [9.17, 15) is 9.59 Å². The smallest absolute Gasteiger partial charge is 0.306 e. The molecule has 5 nitrogen and oxygen atoms in total. The van der Waals surface area contributed by atoms with Crippen LogP contribution in [0.25, 0.3) is 0 Å². The van der Waals surface area contributed by atoms with E-state index in [1.165, 1.54) is 161 Å². The summed E-state index contributed by atoms with van der Waals surface area (Å²) >= 11 is 0. The molecule has 0 aliphatic carbocycles. The first-order valence-corrected chi connectivity index (χ1v) is 28.5. The van der Waals surface area contributed by atoms with Gasteiger partial charge in [0.25, 0.3) is 0 Å². The van der Waals surface area contributed by atoms with Crippen LogP contribution in [0.3, 0.4) is 0 Å². The molecular formula is C61H108O5. The van der Waals surface area contributed by atoms with Crippen molar-refractivity contribution in [3.05, 3.63) is 72.9 Å². The van der Waals surface area contributed by atoms with Crippen LogP contribution in [-0.4, -0.2) is 37.9 Å². The molecule has 0 saturated heterocycles. The molecule has 0 spiro atoms. The Morgan fingerprint density at radius 3 is 1.15 bits per heavy atom. The van der Waals surface area contributed by atoms with E-state index in [1.54, 1.807) is 0 Å². The molecule has 1 atom stereocenters. The van der Waals surface area contributed by atoms with Crippen molar-refractivity contribution in [1.82, 2.24) is 0 Å². The molecule has 0 rings (SSSR count). The van der Waals surface area contributed by atoms with Crippen LogP contribution in [0.1, 0.15) is 278 Å². The van der Waals surface area contributed by atoms with Crippen LogP contribution in [0, 0.1) is 0 Å². The Kier molecular flexibility index (Phi) is 54.4. The predicted octanol–water partition coefficient (Wildman–Crippen LogP) is 19.5. The first-order valence-electron chi connectivity index (χ1n) is 28.5. The van der Waals surface area contributed by atoms with Gasteiger partial charge in [0.05, 0.1) is 6.61 Å². The van der Waals surface area contributed by atoms with Crippen LogP contribution in [0.15, 0.2) is 72.9 Å². The van der Waals surface area contributed by atoms with E-state index in [0.717, 1.165) is 83.5 Å². The highest BCUT2D eigenvalue weighted by Crippen LogP contribution is 2.16. The molecule has 0 N–H and O–H groups in total. The van der Waals surface area contributed by atoms with E-state index in [1.807, 2.05) is 0 Å². The van der Waals surface area contributed by atoms with Crippen molar-refractivity contribution in [3.8, 4) is 0 Å². The Hall–Kier alpha value is -2.66. The Morgan fingerprint density at radius 2 is 0.697 bits per heavy atom. The van der Waals surface area contributed by atoms with Gasteiger partial charge in [0.1, 0.15) is 6.61 Å². The van der Waals surface area contributed by atoms with Crippen molar-refractivity contribution in [3.63, 3.8) is 0 Å². The summed E-state index contributed by atoms with van der Waals surface area (Å²) in [5.41, 5.74) is 0. The lowest BCUT2D eigenvalue weighted by atomic mass is 10.0. The molecule has 0 aliphatic heterocycles. The minimum absolute atomic E-state index is 0.0533. The highest BCUT2D eigenvalue weighted by Gasteiger charge is 2.17. The quantitative estimate of drug-likeness (QED) is 0.0346. The van der Waals surface area contributed by atoms with Crippen molar-refractivity contribution in [2.45, 2.75) is 284 Å². The first kappa shape index (κ1) is 63.3. The van der Waals surface area contributed by atoms with Crippen LogP contribution in [0.4, 0.5) is 0 Å². The fraction of sp³-hybridized carbons (Fsp3) is 0.770. The molecule has 5 heteroatoms. The second-order valence-electron chi connectivity index (χ2n) is 18.8. The minimum Gasteiger partial charge on any atom is -0.462 e. The van der Waals surface area contributed by atoms with Crippen LogP contribution in [0.5, 0.6) is 0 Å². The monoisotopic (exact) mass is 921 g/mol. The standard InChI is InChI=1S/C61H108O5/c1-4-7-10-13-16-19-22-25-28-30-32-35-38-41-44-47-50-53-56-64-57-59(66-61(63)55-52-49-46-43-40-37-33-27-24-21-18-15-12-9-6-3)58-65-60(62)54-51-48-45-42-39-36-34-31-29-26-23-20-17-14-11-8-5-2/h8,11,17,20,26-27,29,33-34,36,42,45,59H,4-7,9-10,12-16,18-19,21-25,28,30-32,35,37-41,43-44,46-58H2,1-3H3/b11-8-,20-17-,29-26-,33-27-,36-34-,45-42-. The van der Waals surface area contributed by atoms with Crippen molar-refractivity contribution in [1.29, 1.82) is 0 Å². The van der Waals surface area contributed by atoms with Gasteiger partial charge in [0, 0.05) is 19.4 Å². The number of esters is 2. The highest BCUT2D eigenvalue weighted by molar-refractivity contribution is 5.70. The fourth-order valence-electron chi connectivity index (χ4n) is 8.01. The van der Waals surface area contributed by atoms with Crippen LogP contribution >= 0.6 is 0 Å². The lowest BCUT2D eigenvalue weighted by molar-refractivity contribution is -0.163. The Bertz CT molecular complexity index is 1180. The molecule has 1 unspecified atom stereocenters. The van der Waals surface area contributed by atoms with Gasteiger partial charge in [-0.3, -0.25) is 9.59 Å². The molecule has 0 radical (unpaired) electrons. The number of allylic oxidation sites excluding steroid dienone is 12. The van der Waals surface area contributed by atoms with Crippen molar-refractivity contribution < 1.29 is 23.8 Å². The number of carbonyl (C=O) groups excluding carboxylic acids is 2. The number of hydrogen-bond donors (Lipinski definition) is 0. The molecular weight excluding hydrogens is 813 g/mol. The maximum absolute atomic E-state index is 12.8. The second-order valence-corrected chi connectivity index (χ2v) is 18.8. The summed E-state index contributed by atoms with van der Waals surface area (Å²) in [6.07, 6.45) is 73.6. The Balaban J connectivity index is 4.34. The number of hydrogen-bond acceptors (Lipinski definition) is 5. The Morgan fingerprint density at radius 1 is 0.348 bits per heavy atom. The summed E-state index contributed by atoms with van der Waals surface area (Å²) in [6.45, 7) is 7.68. The molecule has 0 heterocycles. The van der Waals surface area contributed by atoms with E-state index in [-0.39, 0.29) is 25.2 Å². The third-order valence-corrected chi connectivity index (χ3v) is 12.2. The number of ether oxygens (including phenoxy) is 3. The van der Waals surface area contributed by atoms with Crippen molar-refractivity contribution in [2.24, 2.45) is 0 Å². The SMILES string of the molecule is CC/C=C\C/C=C\C/C=C\C/C=C\C/C=C\CCCC(=O)OCC(COCCCCCCCCCCCCCCCCCCCC)OC(=O)CCCCCCC/C=C\CCCCCCCC. The van der Waals surface area contributed by atoms with E-state index in [0.29, 0.717) is 19.4 Å². The zero-order valence-electron chi connectivity index (χ0n) is 44.0. The van der Waals surface area contributed by atoms with Gasteiger partial charge in [-0.15, -0.1) is 0 Å². The molecule has 0 aliphatic rings. The molecule has 0 aromatic heterocycles. The zero-order valence-corrected chi connectivity index (χ0v) is 44.0. The molecule has 0 amide bonds. The first-order chi connectivity index (χ1) is 32.6. The van der Waals surface area contributed by atoms with Crippen molar-refractivity contribution >= 4 is 11.9 Å². The summed E-state index contributed by atoms with van der Waals surface area (Å²) in [5.74, 6) is -0.465. The highest BCUT2D eigenvalue weighted by atomic mass is 16.6. The van der Waals surface area contributed by atoms with Gasteiger partial charge >= 0.3 is 11.9 Å². The third-order valence-electron chi connectivity index (χ3n) is 12.2. The average Bonchev–Trinajstić information content (AvgIpc) is 3.32. The van der Waals surface area contributed by atoms with E-state index in [2.05, 4.69) is 93.7 Å². The molecule has 0 fully saturated rings. The normalized spacial score (nSPS) is 12.7. The number of rotatable bonds is 52. The lowest BCUT2D eigenvalue weighted by Gasteiger charge is -2.18. The summed E-state index contributed by atoms with van der Waals surface area (Å²) < 4.78 is 17.4. The van der Waals surface area contributed by atoms with Crippen molar-refractivity contribution in [2.75, 3.05) is 19.8 Å². The second kappa shape index (κ2) is 56.7. The van der Waals surface area contributed by atoms with Gasteiger partial charge in [-0.25, -0.2) is 0 Å². The number of carbonyl (C=O) groups is 2. The van der Waals surface area contributed by atoms with E-state index in [4.69, 9.17) is 14.2 Å².